The molecule has 0 saturated carbocycles. The molecule has 2 amide bonds. The van der Waals surface area contributed by atoms with E-state index in [2.05, 4.69) is 5.10 Å². The fourth-order valence-electron chi connectivity index (χ4n) is 2.33. The van der Waals surface area contributed by atoms with Crippen molar-refractivity contribution < 1.29 is 9.59 Å². The van der Waals surface area contributed by atoms with Crippen molar-refractivity contribution in [2.24, 2.45) is 12.8 Å². The van der Waals surface area contributed by atoms with E-state index in [-0.39, 0.29) is 18.4 Å². The standard InChI is InChI=1S/C13H21N5O2/c1-16(9-11(19)18-5-3-4-6-18)13(20)12(14)10-7-15-17(2)8-10/h7-8,12H,3-6,9,14H2,1-2H3. The maximum Gasteiger partial charge on any atom is 0.244 e. The predicted molar refractivity (Wildman–Crippen MR) is 73.6 cm³/mol. The molecule has 7 heteroatoms. The topological polar surface area (TPSA) is 84.5 Å². The highest BCUT2D eigenvalue weighted by atomic mass is 16.2. The van der Waals surface area contributed by atoms with E-state index in [0.717, 1.165) is 25.9 Å². The van der Waals surface area contributed by atoms with Crippen LogP contribution < -0.4 is 5.73 Å². The number of rotatable bonds is 4. The normalized spacial score (nSPS) is 16.2. The lowest BCUT2D eigenvalue weighted by Gasteiger charge is -2.23. The largest absolute Gasteiger partial charge is 0.341 e. The van der Waals surface area contributed by atoms with E-state index in [9.17, 15) is 9.59 Å². The Morgan fingerprint density at radius 3 is 2.65 bits per heavy atom. The van der Waals surface area contributed by atoms with Crippen LogP contribution >= 0.6 is 0 Å². The summed E-state index contributed by atoms with van der Waals surface area (Å²) in [4.78, 5) is 27.4. The van der Waals surface area contributed by atoms with E-state index in [1.54, 1.807) is 36.1 Å². The lowest BCUT2D eigenvalue weighted by Crippen LogP contribution is -2.43. The van der Waals surface area contributed by atoms with Crippen LogP contribution in [0.15, 0.2) is 12.4 Å². The summed E-state index contributed by atoms with van der Waals surface area (Å²) in [7, 11) is 3.37. The fraction of sp³-hybridized carbons (Fsp3) is 0.615. The monoisotopic (exact) mass is 279 g/mol. The number of aryl methyl sites for hydroxylation is 1. The first kappa shape index (κ1) is 14.5. The van der Waals surface area contributed by atoms with Crippen molar-refractivity contribution in [3.8, 4) is 0 Å². The van der Waals surface area contributed by atoms with Crippen molar-refractivity contribution in [3.05, 3.63) is 18.0 Å². The number of carbonyl (C=O) groups excluding carboxylic acids is 2. The van der Waals surface area contributed by atoms with E-state index < -0.39 is 6.04 Å². The average Bonchev–Trinajstić information content (AvgIpc) is 3.07. The molecule has 20 heavy (non-hydrogen) atoms. The Morgan fingerprint density at radius 2 is 2.10 bits per heavy atom. The van der Waals surface area contributed by atoms with E-state index in [4.69, 9.17) is 5.73 Å². The molecule has 0 aromatic carbocycles. The van der Waals surface area contributed by atoms with Gasteiger partial charge in [-0.15, -0.1) is 0 Å². The molecule has 0 aliphatic carbocycles. The second-order valence-corrected chi connectivity index (χ2v) is 5.21. The third-order valence-electron chi connectivity index (χ3n) is 3.56. The van der Waals surface area contributed by atoms with Gasteiger partial charge in [-0.05, 0) is 12.8 Å². The van der Waals surface area contributed by atoms with Crippen LogP contribution in [0.5, 0.6) is 0 Å². The van der Waals surface area contributed by atoms with Gasteiger partial charge in [-0.3, -0.25) is 14.3 Å². The highest BCUT2D eigenvalue weighted by Crippen LogP contribution is 2.12. The Kier molecular flexibility index (Phi) is 4.39. The van der Waals surface area contributed by atoms with Crippen LogP contribution in [-0.2, 0) is 16.6 Å². The Morgan fingerprint density at radius 1 is 1.45 bits per heavy atom. The molecule has 1 saturated heterocycles. The molecule has 1 aromatic rings. The third kappa shape index (κ3) is 3.16. The van der Waals surface area contributed by atoms with Crippen LogP contribution in [0.1, 0.15) is 24.4 Å². The molecule has 110 valence electrons. The molecule has 1 atom stereocenters. The summed E-state index contributed by atoms with van der Waals surface area (Å²) in [5, 5.41) is 3.99. The first-order valence-electron chi connectivity index (χ1n) is 6.76. The van der Waals surface area contributed by atoms with Gasteiger partial charge in [0.05, 0.1) is 12.7 Å². The molecule has 2 N–H and O–H groups in total. The smallest absolute Gasteiger partial charge is 0.244 e. The molecular weight excluding hydrogens is 258 g/mol. The van der Waals surface area contributed by atoms with Crippen LogP contribution in [0.2, 0.25) is 0 Å². The molecule has 2 heterocycles. The number of likely N-dealkylation sites (N-methyl/N-ethyl adjacent to an activating group) is 1. The minimum atomic E-state index is -0.778. The van der Waals surface area contributed by atoms with Gasteiger partial charge in [-0.25, -0.2) is 0 Å². The summed E-state index contributed by atoms with van der Waals surface area (Å²) in [5.74, 6) is -0.290. The van der Waals surface area contributed by atoms with Gasteiger partial charge in [0.2, 0.25) is 11.8 Å². The van der Waals surface area contributed by atoms with Gasteiger partial charge < -0.3 is 15.5 Å². The molecule has 0 bridgehead atoms. The molecule has 1 unspecified atom stereocenters. The van der Waals surface area contributed by atoms with Crippen molar-refractivity contribution >= 4 is 11.8 Å². The molecule has 1 aliphatic rings. The SMILES string of the molecule is CN(CC(=O)N1CCCC1)C(=O)C(N)c1cnn(C)c1. The number of hydrogen-bond acceptors (Lipinski definition) is 4. The van der Waals surface area contributed by atoms with E-state index in [1.165, 1.54) is 4.90 Å². The number of carbonyl (C=O) groups is 2. The molecule has 0 spiro atoms. The molecule has 1 aliphatic heterocycles. The van der Waals surface area contributed by atoms with E-state index in [0.29, 0.717) is 5.56 Å². The van der Waals surface area contributed by atoms with Crippen molar-refractivity contribution in [1.29, 1.82) is 0 Å². The zero-order valence-electron chi connectivity index (χ0n) is 12.0. The van der Waals surface area contributed by atoms with Crippen LogP contribution in [0.4, 0.5) is 0 Å². The highest BCUT2D eigenvalue weighted by Gasteiger charge is 2.25. The van der Waals surface area contributed by atoms with Gasteiger partial charge in [0.15, 0.2) is 0 Å². The number of likely N-dealkylation sites (tertiary alicyclic amines) is 1. The number of aromatic nitrogens is 2. The molecule has 0 radical (unpaired) electrons. The van der Waals surface area contributed by atoms with Crippen molar-refractivity contribution in [2.75, 3.05) is 26.7 Å². The second kappa shape index (κ2) is 6.04. The first-order valence-corrected chi connectivity index (χ1v) is 6.76. The first-order chi connectivity index (χ1) is 9.49. The molecule has 1 fully saturated rings. The Labute approximate surface area is 118 Å². The fourth-order valence-corrected chi connectivity index (χ4v) is 2.33. The average molecular weight is 279 g/mol. The molecule has 2 rings (SSSR count). The minimum Gasteiger partial charge on any atom is -0.341 e. The summed E-state index contributed by atoms with van der Waals surface area (Å²) >= 11 is 0. The lowest BCUT2D eigenvalue weighted by molar-refractivity contribution is -0.139. The highest BCUT2D eigenvalue weighted by molar-refractivity contribution is 5.88. The number of amides is 2. The van der Waals surface area contributed by atoms with Gasteiger partial charge in [0, 0.05) is 38.9 Å². The molecular formula is C13H21N5O2. The Hall–Kier alpha value is -1.89. The Balaban J connectivity index is 1.92. The van der Waals surface area contributed by atoms with Crippen LogP contribution in [-0.4, -0.2) is 58.1 Å². The number of hydrogen-bond donors (Lipinski definition) is 1. The summed E-state index contributed by atoms with van der Waals surface area (Å²) in [6.45, 7) is 1.65. The van der Waals surface area contributed by atoms with Gasteiger partial charge in [-0.1, -0.05) is 0 Å². The zero-order chi connectivity index (χ0) is 14.7. The predicted octanol–water partition coefficient (Wildman–Crippen LogP) is -0.499. The Bertz CT molecular complexity index is 493. The summed E-state index contributed by atoms with van der Waals surface area (Å²) in [6, 6.07) is -0.778. The molecule has 7 nitrogen and oxygen atoms in total. The summed E-state index contributed by atoms with van der Waals surface area (Å²) < 4.78 is 1.60. The van der Waals surface area contributed by atoms with Gasteiger partial charge in [0.25, 0.3) is 0 Å². The van der Waals surface area contributed by atoms with Crippen molar-refractivity contribution in [3.63, 3.8) is 0 Å². The maximum atomic E-state index is 12.2. The number of nitrogens with two attached hydrogens (primary N) is 1. The molecule has 1 aromatic heterocycles. The number of nitrogens with zero attached hydrogens (tertiary/aromatic N) is 4. The zero-order valence-corrected chi connectivity index (χ0v) is 12.0. The minimum absolute atomic E-state index is 0.0169. The van der Waals surface area contributed by atoms with Crippen molar-refractivity contribution in [1.82, 2.24) is 19.6 Å². The van der Waals surface area contributed by atoms with Gasteiger partial charge in [0.1, 0.15) is 6.04 Å². The van der Waals surface area contributed by atoms with Gasteiger partial charge in [-0.2, -0.15) is 5.10 Å². The van der Waals surface area contributed by atoms with Crippen LogP contribution in [0, 0.1) is 0 Å². The van der Waals surface area contributed by atoms with Crippen LogP contribution in [0.25, 0.3) is 0 Å². The third-order valence-corrected chi connectivity index (χ3v) is 3.56. The van der Waals surface area contributed by atoms with Gasteiger partial charge >= 0.3 is 0 Å². The summed E-state index contributed by atoms with van der Waals surface area (Å²) in [5.41, 5.74) is 6.56. The van der Waals surface area contributed by atoms with Crippen LogP contribution in [0.3, 0.4) is 0 Å². The van der Waals surface area contributed by atoms with Crippen molar-refractivity contribution in [2.45, 2.75) is 18.9 Å². The second-order valence-electron chi connectivity index (χ2n) is 5.21. The summed E-state index contributed by atoms with van der Waals surface area (Å²) in [6.07, 6.45) is 5.36. The maximum absolute atomic E-state index is 12.2. The quantitative estimate of drug-likeness (QED) is 0.805. The lowest BCUT2D eigenvalue weighted by atomic mass is 10.1. The van der Waals surface area contributed by atoms with E-state index in [1.807, 2.05) is 0 Å². The van der Waals surface area contributed by atoms with E-state index >= 15 is 0 Å².